The van der Waals surface area contributed by atoms with Gasteiger partial charge in [0, 0.05) is 45.8 Å². The van der Waals surface area contributed by atoms with Gasteiger partial charge in [-0.3, -0.25) is 9.59 Å². The Morgan fingerprint density at radius 1 is 0.446 bits per heavy atom. The highest BCUT2D eigenvalue weighted by Gasteiger charge is 2.42. The maximum Gasteiger partial charge on any atom is 0.311 e. The maximum absolute atomic E-state index is 13.5. The van der Waals surface area contributed by atoms with Gasteiger partial charge in [0.05, 0.1) is 134 Å². The lowest BCUT2D eigenvalue weighted by atomic mass is 9.86. The number of benzene rings is 6. The lowest BCUT2D eigenvalue weighted by molar-refractivity contribution is -0.940. The highest BCUT2D eigenvalue weighted by molar-refractivity contribution is 9.14. The predicted octanol–water partition coefficient (Wildman–Crippen LogP) is 10.1. The van der Waals surface area contributed by atoms with Gasteiger partial charge in [0.1, 0.15) is 45.5 Å². The first-order valence-electron chi connectivity index (χ1n) is 28.9. The third kappa shape index (κ3) is 18.9. The minimum Gasteiger partial charge on any atom is -0.744 e. The Morgan fingerprint density at radius 2 is 0.739 bits per heavy atom. The van der Waals surface area contributed by atoms with Crippen LogP contribution in [0.25, 0.3) is 0 Å². The van der Waals surface area contributed by atoms with Crippen LogP contribution in [0, 0.1) is 0 Å². The molecule has 0 saturated heterocycles. The number of quaternary nitrogens is 2. The second kappa shape index (κ2) is 33.5. The van der Waals surface area contributed by atoms with Crippen LogP contribution in [0.4, 0.5) is 0 Å². The second-order valence-corrected chi connectivity index (χ2v) is 26.5. The summed E-state index contributed by atoms with van der Waals surface area (Å²) in [5.41, 5.74) is 6.51. The summed E-state index contributed by atoms with van der Waals surface area (Å²) in [5.74, 6) is 5.19. The first-order chi connectivity index (χ1) is 43.8. The molecule has 6 aromatic carbocycles. The van der Waals surface area contributed by atoms with Crippen LogP contribution >= 0.6 is 31.9 Å². The van der Waals surface area contributed by atoms with Gasteiger partial charge in [0.2, 0.25) is 11.5 Å². The molecule has 4 atom stereocenters. The van der Waals surface area contributed by atoms with E-state index in [1.54, 1.807) is 83.2 Å². The molecule has 0 bridgehead atoms. The van der Waals surface area contributed by atoms with Gasteiger partial charge in [0.15, 0.2) is 46.0 Å². The lowest BCUT2D eigenvalue weighted by Crippen LogP contribution is -2.53. The average molecular weight is 1450 g/mol. The summed E-state index contributed by atoms with van der Waals surface area (Å²) in [5, 5.41) is 0. The maximum atomic E-state index is 13.5. The van der Waals surface area contributed by atoms with Crippen LogP contribution in [0.15, 0.2) is 128 Å². The van der Waals surface area contributed by atoms with E-state index >= 15 is 0 Å². The van der Waals surface area contributed by atoms with Crippen LogP contribution in [-0.2, 0) is 65.0 Å². The van der Waals surface area contributed by atoms with Crippen molar-refractivity contribution in [2.75, 3.05) is 125 Å². The quantitative estimate of drug-likeness (QED) is 0.0278. The van der Waals surface area contributed by atoms with Crippen molar-refractivity contribution in [3.8, 4) is 57.5 Å². The molecule has 92 heavy (non-hydrogen) atoms. The van der Waals surface area contributed by atoms with Crippen LogP contribution in [-0.4, -0.2) is 171 Å². The molecule has 0 fully saturated rings. The Hall–Kier alpha value is -7.30. The number of fused-ring (bicyclic) bond motifs is 2. The Morgan fingerprint density at radius 3 is 1.00 bits per heavy atom. The van der Waals surface area contributed by atoms with Crippen molar-refractivity contribution in [1.29, 1.82) is 0 Å². The van der Waals surface area contributed by atoms with Crippen molar-refractivity contribution in [1.82, 2.24) is 0 Å². The van der Waals surface area contributed by atoms with Gasteiger partial charge >= 0.3 is 11.9 Å². The topological polar surface area (TPSA) is 259 Å². The van der Waals surface area contributed by atoms with Gasteiger partial charge < -0.3 is 74.9 Å². The summed E-state index contributed by atoms with van der Waals surface area (Å²) in [6.07, 6.45) is 3.11. The molecule has 2 aliphatic heterocycles. The number of hydrogen-bond donors (Lipinski definition) is 0. The van der Waals surface area contributed by atoms with Crippen LogP contribution in [0.2, 0.25) is 0 Å². The largest absolute Gasteiger partial charge is 0.744 e. The second-order valence-electron chi connectivity index (χ2n) is 21.8. The summed E-state index contributed by atoms with van der Waals surface area (Å²) in [6.45, 7) is 2.48. The molecule has 2 aliphatic rings. The summed E-state index contributed by atoms with van der Waals surface area (Å²) >= 11 is 7.12. The van der Waals surface area contributed by atoms with E-state index in [4.69, 9.17) is 56.8 Å². The van der Waals surface area contributed by atoms with Crippen LogP contribution in [0.1, 0.15) is 58.3 Å². The third-order valence-corrected chi connectivity index (χ3v) is 20.0. The van der Waals surface area contributed by atoms with Crippen molar-refractivity contribution in [3.05, 3.63) is 152 Å². The molecule has 26 heteroatoms. The van der Waals surface area contributed by atoms with Gasteiger partial charge in [-0.2, -0.15) is 0 Å². The fourth-order valence-electron chi connectivity index (χ4n) is 11.3. The SMILES string of the molecule is COc1cc2c(cc1OC)[C@@H](Cc1cc(OC)c(OC)c(OC)c1)[N+](C)(CCC(=O)OC/C(Br)=C(\Br)COC(=O)CC[N+]1(C)CCc3cc(OC)c(OC)cc3[C@H]1Cc1cc(OC)c(OC)c(OC)c1)CC2.O=S(=O)([O-])c1ccccc1.O=S(=O)([O-])c1ccccc1. The minimum absolute atomic E-state index is 0.0411. The van der Waals surface area contributed by atoms with E-state index in [0.29, 0.717) is 101 Å². The lowest BCUT2D eigenvalue weighted by Gasteiger charge is -2.46. The molecule has 0 spiro atoms. The first kappa shape index (κ1) is 73.7. The van der Waals surface area contributed by atoms with Gasteiger partial charge in [-0.15, -0.1) is 0 Å². The number of carbonyl (C=O) groups is 2. The van der Waals surface area contributed by atoms with Crippen molar-refractivity contribution >= 4 is 64.0 Å². The van der Waals surface area contributed by atoms with Gasteiger partial charge in [-0.25, -0.2) is 16.8 Å². The first-order valence-corrected chi connectivity index (χ1v) is 33.3. The van der Waals surface area contributed by atoms with E-state index in [0.717, 1.165) is 59.3 Å². The average Bonchev–Trinajstić information content (AvgIpc) is 0.766. The smallest absolute Gasteiger partial charge is 0.311 e. The molecule has 6 aromatic rings. The van der Waals surface area contributed by atoms with E-state index in [-0.39, 0.29) is 59.9 Å². The number of methoxy groups -OCH3 is 10. The molecule has 2 heterocycles. The molecule has 0 aliphatic carbocycles. The fourth-order valence-corrected chi connectivity index (χ4v) is 12.7. The van der Waals surface area contributed by atoms with Crippen molar-refractivity contribution in [3.63, 3.8) is 0 Å². The van der Waals surface area contributed by atoms with Gasteiger partial charge in [-0.05, 0) is 95.1 Å². The van der Waals surface area contributed by atoms with Crippen LogP contribution in [0.5, 0.6) is 57.5 Å². The number of hydrogen-bond acceptors (Lipinski definition) is 20. The monoisotopic (exact) mass is 1440 g/mol. The number of carbonyl (C=O) groups excluding carboxylic acids is 2. The summed E-state index contributed by atoms with van der Waals surface area (Å²) in [6, 6.07) is 30.3. The minimum atomic E-state index is -4.25. The van der Waals surface area contributed by atoms with E-state index < -0.39 is 20.2 Å². The number of esters is 2. The van der Waals surface area contributed by atoms with Crippen LogP contribution in [0.3, 0.4) is 0 Å². The van der Waals surface area contributed by atoms with Gasteiger partial charge in [0.25, 0.3) is 0 Å². The van der Waals surface area contributed by atoms with E-state index in [9.17, 15) is 35.5 Å². The Balaban J connectivity index is 0.000000567. The Kier molecular flexibility index (Phi) is 26.9. The number of halogens is 2. The molecule has 22 nitrogen and oxygen atoms in total. The summed E-state index contributed by atoms with van der Waals surface area (Å²) in [7, 11) is 11.9. The molecule has 8 rings (SSSR count). The zero-order valence-corrected chi connectivity index (χ0v) is 58.5. The molecule has 0 amide bonds. The van der Waals surface area contributed by atoms with Gasteiger partial charge in [-0.1, -0.05) is 68.3 Å². The van der Waals surface area contributed by atoms with E-state index in [1.165, 1.54) is 48.5 Å². The summed E-state index contributed by atoms with van der Waals surface area (Å²) < 4.78 is 132. The Bertz CT molecular complexity index is 3470. The predicted molar refractivity (Wildman–Crippen MR) is 348 cm³/mol. The molecule has 0 saturated carbocycles. The number of rotatable bonds is 26. The van der Waals surface area contributed by atoms with E-state index in [2.05, 4.69) is 70.2 Å². The molecule has 0 aromatic heterocycles. The van der Waals surface area contributed by atoms with Crippen molar-refractivity contribution < 1.29 is 101 Å². The molecule has 500 valence electrons. The molecule has 0 radical (unpaired) electrons. The summed E-state index contributed by atoms with van der Waals surface area (Å²) in [4.78, 5) is 26.6. The standard InChI is InChI=1S/C54H70Br2N2O14.2C6H6O3S/c1-57(17-13-35-27-43(61-3)45(63-5)29-37(35)41(57)21-33-23-47(65-7)53(69-11)48(24-33)66-8)19-15-51(59)71-31-39(55)40(56)32-72-52(60)16-20-58(2)18-14-36-28-44(62-4)46(64-6)30-38(36)42(58)22-34-25-49(67-9)54(70-12)50(26-34)68-10;2*7-10(8,9)6-4-2-1-3-5-6/h23-30,41-42H,13-22,31-32H2,1-12H3;2*1-5H,(H,7,8,9)/q+2;;/p-2/b40-39+;;/t41-,42-,57?,58?;;/m1../s1. The number of likely N-dealkylation sites (N-methyl/N-ethyl adjacent to an activating group) is 2. The zero-order chi connectivity index (χ0) is 67.6. The third-order valence-electron chi connectivity index (χ3n) is 16.3. The number of ether oxygens (including phenoxy) is 12. The molecule has 2 unspecified atom stereocenters. The fraction of sp³-hybridized carbons (Fsp3) is 0.394. The number of nitrogens with zero attached hydrogens (tertiary/aromatic N) is 2. The highest BCUT2D eigenvalue weighted by Crippen LogP contribution is 2.47. The zero-order valence-electron chi connectivity index (χ0n) is 53.7. The highest BCUT2D eigenvalue weighted by atomic mass is 79.9. The molecule has 0 N–H and O–H groups in total. The van der Waals surface area contributed by atoms with E-state index in [1.807, 2.05) is 24.3 Å². The molecular weight excluding hydrogens is 1360 g/mol. The van der Waals surface area contributed by atoms with Crippen LogP contribution < -0.4 is 47.4 Å². The Labute approximate surface area is 556 Å². The molecular formula is C66H80Br2N2O20S2. The van der Waals surface area contributed by atoms with Crippen molar-refractivity contribution in [2.24, 2.45) is 0 Å². The van der Waals surface area contributed by atoms with Crippen molar-refractivity contribution in [2.45, 2.75) is 60.4 Å². The normalized spacial score (nSPS) is 17.6.